The van der Waals surface area contributed by atoms with Gasteiger partial charge in [0.1, 0.15) is 9.84 Å². The Balaban J connectivity index is 1.43. The molecule has 134 valence electrons. The lowest BCUT2D eigenvalue weighted by atomic mass is 9.76. The largest absolute Gasteiger partial charge is 0.377 e. The molecule has 0 bridgehead atoms. The van der Waals surface area contributed by atoms with E-state index in [2.05, 4.69) is 10.6 Å². The van der Waals surface area contributed by atoms with E-state index in [4.69, 9.17) is 4.74 Å². The van der Waals surface area contributed by atoms with E-state index in [1.807, 2.05) is 0 Å². The molecule has 0 aromatic rings. The third-order valence-corrected chi connectivity index (χ3v) is 7.72. The molecule has 3 aliphatic rings. The Kier molecular flexibility index (Phi) is 5.99. The van der Waals surface area contributed by atoms with Crippen LogP contribution in [0, 0.1) is 11.8 Å². The van der Waals surface area contributed by atoms with Crippen LogP contribution in [0.15, 0.2) is 0 Å². The first-order valence-corrected chi connectivity index (χ1v) is 11.2. The van der Waals surface area contributed by atoms with Gasteiger partial charge in [0.15, 0.2) is 0 Å². The third-order valence-electron chi connectivity index (χ3n) is 6.03. The molecule has 0 spiro atoms. The average Bonchev–Trinajstić information content (AvgIpc) is 3.06. The summed E-state index contributed by atoms with van der Waals surface area (Å²) in [5.41, 5.74) is 0. The highest BCUT2D eigenvalue weighted by Crippen LogP contribution is 2.35. The molecule has 0 radical (unpaired) electrons. The monoisotopic (exact) mass is 344 g/mol. The fraction of sp³-hybridized carbons (Fsp3) is 1.00. The minimum atomic E-state index is -2.85. The van der Waals surface area contributed by atoms with Crippen molar-refractivity contribution in [2.75, 3.05) is 32.5 Å². The van der Waals surface area contributed by atoms with Gasteiger partial charge < -0.3 is 15.4 Å². The lowest BCUT2D eigenvalue weighted by Gasteiger charge is -2.38. The van der Waals surface area contributed by atoms with Gasteiger partial charge in [-0.05, 0) is 63.3 Å². The maximum absolute atomic E-state index is 11.7. The van der Waals surface area contributed by atoms with Gasteiger partial charge in [-0.2, -0.15) is 0 Å². The second-order valence-corrected chi connectivity index (χ2v) is 10.1. The van der Waals surface area contributed by atoms with Crippen LogP contribution in [0.1, 0.15) is 44.9 Å². The molecule has 0 aromatic carbocycles. The smallest absolute Gasteiger partial charge is 0.150 e. The van der Waals surface area contributed by atoms with Crippen molar-refractivity contribution in [2.45, 2.75) is 62.3 Å². The van der Waals surface area contributed by atoms with Crippen molar-refractivity contribution >= 4 is 9.84 Å². The molecule has 0 aromatic heterocycles. The van der Waals surface area contributed by atoms with Crippen LogP contribution < -0.4 is 10.6 Å². The van der Waals surface area contributed by atoms with Crippen LogP contribution in [0.2, 0.25) is 0 Å². The van der Waals surface area contributed by atoms with Crippen LogP contribution in [0.3, 0.4) is 0 Å². The van der Waals surface area contributed by atoms with Crippen LogP contribution >= 0.6 is 0 Å². The van der Waals surface area contributed by atoms with E-state index in [1.54, 1.807) is 0 Å². The van der Waals surface area contributed by atoms with E-state index < -0.39 is 9.84 Å². The van der Waals surface area contributed by atoms with Crippen LogP contribution in [0.5, 0.6) is 0 Å². The van der Waals surface area contributed by atoms with Gasteiger partial charge in [-0.15, -0.1) is 0 Å². The molecule has 23 heavy (non-hydrogen) atoms. The fourth-order valence-electron chi connectivity index (χ4n) is 4.58. The van der Waals surface area contributed by atoms with Gasteiger partial charge in [0.25, 0.3) is 0 Å². The Morgan fingerprint density at radius 1 is 1.09 bits per heavy atom. The minimum absolute atomic E-state index is 0.0938. The van der Waals surface area contributed by atoms with Crippen LogP contribution in [-0.4, -0.2) is 58.3 Å². The van der Waals surface area contributed by atoms with Crippen molar-refractivity contribution in [3.8, 4) is 0 Å². The third kappa shape index (κ3) is 4.91. The van der Waals surface area contributed by atoms with Gasteiger partial charge in [0, 0.05) is 32.0 Å². The minimum Gasteiger partial charge on any atom is -0.377 e. The highest BCUT2D eigenvalue weighted by atomic mass is 32.2. The number of ether oxygens (including phenoxy) is 1. The number of rotatable bonds is 5. The van der Waals surface area contributed by atoms with Gasteiger partial charge in [-0.1, -0.05) is 0 Å². The topological polar surface area (TPSA) is 67.4 Å². The van der Waals surface area contributed by atoms with Crippen molar-refractivity contribution in [3.63, 3.8) is 0 Å². The van der Waals surface area contributed by atoms with Crippen molar-refractivity contribution in [1.29, 1.82) is 0 Å². The first kappa shape index (κ1) is 17.6. The maximum atomic E-state index is 11.7. The number of hydrogen-bond donors (Lipinski definition) is 2. The van der Waals surface area contributed by atoms with E-state index >= 15 is 0 Å². The van der Waals surface area contributed by atoms with Crippen molar-refractivity contribution in [1.82, 2.24) is 10.6 Å². The Hall–Kier alpha value is -0.170. The summed E-state index contributed by atoms with van der Waals surface area (Å²) in [6.45, 7) is 4.02. The summed E-state index contributed by atoms with van der Waals surface area (Å²) in [7, 11) is -2.85. The van der Waals surface area contributed by atoms with Gasteiger partial charge in [0.2, 0.25) is 0 Å². The Morgan fingerprint density at radius 3 is 2.52 bits per heavy atom. The van der Waals surface area contributed by atoms with Crippen LogP contribution in [0.4, 0.5) is 0 Å². The average molecular weight is 345 g/mol. The van der Waals surface area contributed by atoms with E-state index in [-0.39, 0.29) is 5.25 Å². The lowest BCUT2D eigenvalue weighted by Crippen LogP contribution is -2.50. The summed E-state index contributed by atoms with van der Waals surface area (Å²) in [4.78, 5) is 0. The first-order chi connectivity index (χ1) is 11.0. The molecule has 6 heteroatoms. The molecule has 2 aliphatic heterocycles. The standard InChI is InChI=1S/C17H32N2O3S/c1-23(20,21)17-6-4-13(5-7-17)14-9-15(11-18-10-14)19-12-16-3-2-8-22-16/h13-19H,2-12H2,1H3. The number of hydrogen-bond acceptors (Lipinski definition) is 5. The molecule has 1 aliphatic carbocycles. The van der Waals surface area contributed by atoms with E-state index in [1.165, 1.54) is 25.5 Å². The summed E-state index contributed by atoms with van der Waals surface area (Å²) in [6, 6.07) is 0.533. The molecule has 2 heterocycles. The molecule has 3 rings (SSSR count). The molecule has 5 nitrogen and oxygen atoms in total. The first-order valence-electron chi connectivity index (χ1n) is 9.27. The van der Waals surface area contributed by atoms with E-state index in [0.717, 1.165) is 51.9 Å². The summed E-state index contributed by atoms with van der Waals surface area (Å²) in [5.74, 6) is 1.37. The summed E-state index contributed by atoms with van der Waals surface area (Å²) in [6.07, 6.45) is 9.25. The van der Waals surface area contributed by atoms with Crippen LogP contribution in [-0.2, 0) is 14.6 Å². The van der Waals surface area contributed by atoms with Crippen molar-refractivity contribution < 1.29 is 13.2 Å². The Morgan fingerprint density at radius 2 is 1.87 bits per heavy atom. The zero-order valence-corrected chi connectivity index (χ0v) is 15.1. The zero-order chi connectivity index (χ0) is 16.3. The molecule has 0 amide bonds. The summed E-state index contributed by atoms with van der Waals surface area (Å²) in [5, 5.41) is 7.17. The van der Waals surface area contributed by atoms with E-state index in [0.29, 0.717) is 24.0 Å². The van der Waals surface area contributed by atoms with Crippen LogP contribution in [0.25, 0.3) is 0 Å². The molecule has 3 unspecified atom stereocenters. The van der Waals surface area contributed by atoms with E-state index in [9.17, 15) is 8.42 Å². The second-order valence-electron chi connectivity index (χ2n) is 7.76. The quantitative estimate of drug-likeness (QED) is 0.788. The highest BCUT2D eigenvalue weighted by molar-refractivity contribution is 7.91. The summed E-state index contributed by atoms with van der Waals surface area (Å²) < 4.78 is 29.1. The Bertz CT molecular complexity index is 468. The lowest BCUT2D eigenvalue weighted by molar-refractivity contribution is 0.102. The number of sulfone groups is 1. The molecule has 2 saturated heterocycles. The summed E-state index contributed by atoms with van der Waals surface area (Å²) >= 11 is 0. The highest BCUT2D eigenvalue weighted by Gasteiger charge is 2.34. The molecular weight excluding hydrogens is 312 g/mol. The van der Waals surface area contributed by atoms with Crippen molar-refractivity contribution in [3.05, 3.63) is 0 Å². The number of piperidine rings is 1. The van der Waals surface area contributed by atoms with Gasteiger partial charge in [0.05, 0.1) is 11.4 Å². The Labute approximate surface area is 140 Å². The predicted molar refractivity (Wildman–Crippen MR) is 92.3 cm³/mol. The maximum Gasteiger partial charge on any atom is 0.150 e. The van der Waals surface area contributed by atoms with Gasteiger partial charge >= 0.3 is 0 Å². The zero-order valence-electron chi connectivity index (χ0n) is 14.3. The second kappa shape index (κ2) is 7.81. The normalized spacial score (nSPS) is 39.4. The van der Waals surface area contributed by atoms with Crippen molar-refractivity contribution in [2.24, 2.45) is 11.8 Å². The fourth-order valence-corrected chi connectivity index (χ4v) is 5.71. The molecule has 2 N–H and O–H groups in total. The molecular formula is C17H32N2O3S. The molecule has 1 saturated carbocycles. The predicted octanol–water partition coefficient (Wildman–Crippen LogP) is 1.34. The SMILES string of the molecule is CS(=O)(=O)C1CCC(C2CNCC(NCC3CCCO3)C2)CC1. The van der Waals surface area contributed by atoms with Gasteiger partial charge in [-0.25, -0.2) is 8.42 Å². The molecule has 3 fully saturated rings. The number of nitrogens with one attached hydrogen (secondary N) is 2. The van der Waals surface area contributed by atoms with Gasteiger partial charge in [-0.3, -0.25) is 0 Å². The molecule has 3 atom stereocenters.